The number of para-hydroxylation sites is 2. The van der Waals surface area contributed by atoms with Crippen LogP contribution in [-0.2, 0) is 0 Å². The number of ether oxygens (including phenoxy) is 1. The second-order valence-corrected chi connectivity index (χ2v) is 8.63. The van der Waals surface area contributed by atoms with Gasteiger partial charge in [0, 0.05) is 16.3 Å². The zero-order valence-electron chi connectivity index (χ0n) is 18.2. The van der Waals surface area contributed by atoms with Crippen molar-refractivity contribution in [1.82, 2.24) is 4.98 Å². The number of aromatic nitrogens is 1. The third-order valence-electron chi connectivity index (χ3n) is 5.24. The quantitative estimate of drug-likeness (QED) is 0.139. The molecule has 1 aromatic heterocycles. The Morgan fingerprint density at radius 3 is 2.56 bits per heavy atom. The van der Waals surface area contributed by atoms with Gasteiger partial charge in [0.2, 0.25) is 5.89 Å². The molecule has 0 spiro atoms. The van der Waals surface area contributed by atoms with Gasteiger partial charge < -0.3 is 9.15 Å². The average Bonchev–Trinajstić information content (AvgIpc) is 3.28. The van der Waals surface area contributed by atoms with E-state index < -0.39 is 5.97 Å². The van der Waals surface area contributed by atoms with Crippen LogP contribution in [-0.4, -0.2) is 17.2 Å². The molecule has 0 N–H and O–H groups in total. The molecule has 0 amide bonds. The van der Waals surface area contributed by atoms with Crippen LogP contribution in [0.2, 0.25) is 0 Å². The van der Waals surface area contributed by atoms with E-state index in [9.17, 15) is 4.79 Å². The average molecular weight is 511 g/mol. The maximum atomic E-state index is 12.3. The van der Waals surface area contributed by atoms with Gasteiger partial charge in [-0.3, -0.25) is 4.99 Å². The van der Waals surface area contributed by atoms with Gasteiger partial charge in [0.05, 0.1) is 11.3 Å². The zero-order chi connectivity index (χ0) is 23.5. The fourth-order valence-electron chi connectivity index (χ4n) is 3.48. The molecule has 5 nitrogen and oxygen atoms in total. The molecule has 0 saturated heterocycles. The minimum Gasteiger partial charge on any atom is -0.436 e. The molecule has 0 atom stereocenters. The molecule has 0 unspecified atom stereocenters. The minimum absolute atomic E-state index is 0.405. The van der Waals surface area contributed by atoms with Crippen LogP contribution in [0.1, 0.15) is 21.5 Å². The smallest absolute Gasteiger partial charge is 0.343 e. The van der Waals surface area contributed by atoms with Gasteiger partial charge in [0.25, 0.3) is 0 Å². The molecule has 1 heterocycles. The van der Waals surface area contributed by atoms with Crippen molar-refractivity contribution in [1.29, 1.82) is 0 Å². The third kappa shape index (κ3) is 4.82. The topological polar surface area (TPSA) is 64.7 Å². The van der Waals surface area contributed by atoms with Crippen LogP contribution in [0.4, 0.5) is 5.69 Å². The van der Waals surface area contributed by atoms with Crippen LogP contribution in [0.3, 0.4) is 0 Å². The van der Waals surface area contributed by atoms with Gasteiger partial charge in [0.1, 0.15) is 11.3 Å². The molecule has 0 radical (unpaired) electrons. The van der Waals surface area contributed by atoms with Crippen LogP contribution >= 0.6 is 15.9 Å². The monoisotopic (exact) mass is 510 g/mol. The number of esters is 1. The number of carbonyl (C=O) groups is 1. The number of hydrogen-bond donors (Lipinski definition) is 0. The second-order valence-electron chi connectivity index (χ2n) is 7.72. The molecule has 0 aliphatic rings. The summed E-state index contributed by atoms with van der Waals surface area (Å²) in [5.41, 5.74) is 5.75. The fourth-order valence-corrected chi connectivity index (χ4v) is 3.88. The van der Waals surface area contributed by atoms with Gasteiger partial charge in [-0.15, -0.1) is 0 Å². The molecule has 0 saturated carbocycles. The van der Waals surface area contributed by atoms with Crippen molar-refractivity contribution in [3.8, 4) is 17.2 Å². The number of carbonyl (C=O) groups excluding carboxylic acids is 1. The number of aliphatic imine (C=N–C) groups is 1. The standard InChI is InChI=1S/C28H19BrN2O3/c1-18-15-20(27-31-25-7-2-3-8-26(25)34-27)11-14-24(18)30-17-19-9-12-23(13-10-19)33-28(32)21-5-4-6-22(29)16-21/h2-17H,1H3. The molecule has 34 heavy (non-hydrogen) atoms. The number of halogens is 1. The van der Waals surface area contributed by atoms with Crippen LogP contribution in [0.5, 0.6) is 5.75 Å². The second kappa shape index (κ2) is 9.45. The molecular weight excluding hydrogens is 492 g/mol. The highest BCUT2D eigenvalue weighted by Crippen LogP contribution is 2.28. The minimum atomic E-state index is -0.405. The molecule has 0 fully saturated rings. The Kier molecular flexibility index (Phi) is 6.06. The summed E-state index contributed by atoms with van der Waals surface area (Å²) in [4.78, 5) is 21.5. The van der Waals surface area contributed by atoms with E-state index in [1.807, 2.05) is 67.6 Å². The Labute approximate surface area is 204 Å². The molecule has 0 aliphatic heterocycles. The Bertz CT molecular complexity index is 1490. The maximum absolute atomic E-state index is 12.3. The highest BCUT2D eigenvalue weighted by atomic mass is 79.9. The van der Waals surface area contributed by atoms with Gasteiger partial charge in [-0.1, -0.05) is 34.1 Å². The van der Waals surface area contributed by atoms with Crippen molar-refractivity contribution >= 4 is 44.9 Å². The summed E-state index contributed by atoms with van der Waals surface area (Å²) in [6.45, 7) is 2.00. The van der Waals surface area contributed by atoms with Crippen molar-refractivity contribution in [2.45, 2.75) is 6.92 Å². The number of rotatable bonds is 5. The summed E-state index contributed by atoms with van der Waals surface area (Å²) in [5, 5.41) is 0. The number of oxazole rings is 1. The van der Waals surface area contributed by atoms with Gasteiger partial charge in [-0.25, -0.2) is 9.78 Å². The maximum Gasteiger partial charge on any atom is 0.343 e. The SMILES string of the molecule is Cc1cc(-c2nc3ccccc3o2)ccc1N=Cc1ccc(OC(=O)c2cccc(Br)c2)cc1. The summed E-state index contributed by atoms with van der Waals surface area (Å²) in [6, 6.07) is 27.9. The molecule has 0 aliphatic carbocycles. The lowest BCUT2D eigenvalue weighted by molar-refractivity contribution is 0.0734. The van der Waals surface area contributed by atoms with E-state index in [-0.39, 0.29) is 0 Å². The van der Waals surface area contributed by atoms with Crippen LogP contribution in [0.15, 0.2) is 105 Å². The van der Waals surface area contributed by atoms with E-state index in [1.165, 1.54) is 0 Å². The Hall–Kier alpha value is -4.03. The number of nitrogens with zero attached hydrogens (tertiary/aromatic N) is 2. The lowest BCUT2D eigenvalue weighted by atomic mass is 10.1. The Morgan fingerprint density at radius 1 is 0.971 bits per heavy atom. The summed E-state index contributed by atoms with van der Waals surface area (Å²) in [5.74, 6) is 0.659. The van der Waals surface area contributed by atoms with Crippen LogP contribution in [0.25, 0.3) is 22.6 Å². The van der Waals surface area contributed by atoms with Crippen molar-refractivity contribution in [2.24, 2.45) is 4.99 Å². The first-order valence-corrected chi connectivity index (χ1v) is 11.4. The zero-order valence-corrected chi connectivity index (χ0v) is 19.8. The fraction of sp³-hybridized carbons (Fsp3) is 0.0357. The van der Waals surface area contributed by atoms with Crippen molar-refractivity contribution in [2.75, 3.05) is 0 Å². The molecule has 0 bridgehead atoms. The molecule has 5 rings (SSSR count). The van der Waals surface area contributed by atoms with E-state index in [0.717, 1.165) is 38.0 Å². The number of hydrogen-bond acceptors (Lipinski definition) is 5. The first-order valence-electron chi connectivity index (χ1n) is 10.6. The predicted octanol–water partition coefficient (Wildman–Crippen LogP) is 7.54. The van der Waals surface area contributed by atoms with Crippen LogP contribution in [0, 0.1) is 6.92 Å². The number of aryl methyl sites for hydroxylation is 1. The van der Waals surface area contributed by atoms with E-state index >= 15 is 0 Å². The highest BCUT2D eigenvalue weighted by Gasteiger charge is 2.10. The molecular formula is C28H19BrN2O3. The first kappa shape index (κ1) is 21.8. The molecule has 5 aromatic rings. The normalized spacial score (nSPS) is 11.2. The largest absolute Gasteiger partial charge is 0.436 e. The van der Waals surface area contributed by atoms with E-state index in [0.29, 0.717) is 17.2 Å². The summed E-state index contributed by atoms with van der Waals surface area (Å²) in [7, 11) is 0. The first-order chi connectivity index (χ1) is 16.5. The van der Waals surface area contributed by atoms with Gasteiger partial charge in [-0.2, -0.15) is 0 Å². The summed E-state index contributed by atoms with van der Waals surface area (Å²) < 4.78 is 12.1. The summed E-state index contributed by atoms with van der Waals surface area (Å²) >= 11 is 3.36. The summed E-state index contributed by atoms with van der Waals surface area (Å²) in [6.07, 6.45) is 1.78. The number of benzene rings is 4. The van der Waals surface area contributed by atoms with Crippen molar-refractivity contribution < 1.29 is 13.9 Å². The van der Waals surface area contributed by atoms with Gasteiger partial charge >= 0.3 is 5.97 Å². The van der Waals surface area contributed by atoms with E-state index in [4.69, 9.17) is 9.15 Å². The highest BCUT2D eigenvalue weighted by molar-refractivity contribution is 9.10. The van der Waals surface area contributed by atoms with Crippen molar-refractivity contribution in [3.05, 3.63) is 112 Å². The van der Waals surface area contributed by atoms with Gasteiger partial charge in [0.15, 0.2) is 5.58 Å². The van der Waals surface area contributed by atoms with Crippen molar-refractivity contribution in [3.63, 3.8) is 0 Å². The van der Waals surface area contributed by atoms with E-state index in [1.54, 1.807) is 36.5 Å². The molecule has 4 aromatic carbocycles. The van der Waals surface area contributed by atoms with Crippen LogP contribution < -0.4 is 4.74 Å². The van der Waals surface area contributed by atoms with E-state index in [2.05, 4.69) is 25.9 Å². The molecule has 166 valence electrons. The lowest BCUT2D eigenvalue weighted by Gasteiger charge is -2.05. The lowest BCUT2D eigenvalue weighted by Crippen LogP contribution is -2.08. The Morgan fingerprint density at radius 2 is 1.79 bits per heavy atom. The van der Waals surface area contributed by atoms with Gasteiger partial charge in [-0.05, 0) is 90.8 Å². The predicted molar refractivity (Wildman–Crippen MR) is 137 cm³/mol. The molecule has 6 heteroatoms. The Balaban J connectivity index is 1.28. The number of fused-ring (bicyclic) bond motifs is 1. The third-order valence-corrected chi connectivity index (χ3v) is 5.73.